The van der Waals surface area contributed by atoms with Crippen LogP contribution >= 0.6 is 15.9 Å². The SMILES string of the molecule is COC(=O)c1cc(Br)cnc1N1CCC(NC2CCCCC2O)CC1. The number of anilines is 1. The van der Waals surface area contributed by atoms with Crippen LogP contribution in [0.15, 0.2) is 16.7 Å². The number of carbonyl (C=O) groups is 1. The maximum atomic E-state index is 12.0. The Morgan fingerprint density at radius 3 is 2.72 bits per heavy atom. The van der Waals surface area contributed by atoms with Crippen molar-refractivity contribution in [2.75, 3.05) is 25.1 Å². The zero-order valence-electron chi connectivity index (χ0n) is 14.6. The molecule has 1 saturated carbocycles. The molecule has 1 saturated heterocycles. The van der Waals surface area contributed by atoms with Crippen LogP contribution in [0.1, 0.15) is 48.9 Å². The van der Waals surface area contributed by atoms with Crippen molar-refractivity contribution in [3.63, 3.8) is 0 Å². The van der Waals surface area contributed by atoms with Gasteiger partial charge in [0, 0.05) is 35.8 Å². The van der Waals surface area contributed by atoms with Crippen molar-refractivity contribution in [1.29, 1.82) is 0 Å². The van der Waals surface area contributed by atoms with E-state index in [1.54, 1.807) is 12.3 Å². The average molecular weight is 412 g/mol. The molecule has 6 nitrogen and oxygen atoms in total. The molecule has 0 amide bonds. The van der Waals surface area contributed by atoms with Gasteiger partial charge in [-0.15, -0.1) is 0 Å². The van der Waals surface area contributed by atoms with E-state index < -0.39 is 0 Å². The molecule has 1 aliphatic carbocycles. The summed E-state index contributed by atoms with van der Waals surface area (Å²) in [7, 11) is 1.39. The lowest BCUT2D eigenvalue weighted by Crippen LogP contribution is -2.51. The van der Waals surface area contributed by atoms with Crippen LogP contribution in [-0.4, -0.2) is 54.4 Å². The summed E-state index contributed by atoms with van der Waals surface area (Å²) >= 11 is 3.37. The molecule has 1 aromatic rings. The van der Waals surface area contributed by atoms with E-state index in [9.17, 15) is 9.90 Å². The number of aromatic nitrogens is 1. The molecule has 2 heterocycles. The van der Waals surface area contributed by atoms with E-state index in [1.807, 2.05) is 0 Å². The van der Waals surface area contributed by atoms with Gasteiger partial charge >= 0.3 is 5.97 Å². The minimum atomic E-state index is -0.366. The smallest absolute Gasteiger partial charge is 0.341 e. The Labute approximate surface area is 157 Å². The van der Waals surface area contributed by atoms with Crippen molar-refractivity contribution < 1.29 is 14.6 Å². The summed E-state index contributed by atoms with van der Waals surface area (Å²) in [6.07, 6.45) is 7.73. The second-order valence-electron chi connectivity index (χ2n) is 6.90. The topological polar surface area (TPSA) is 74.7 Å². The molecule has 2 atom stereocenters. The molecule has 3 rings (SSSR count). The van der Waals surface area contributed by atoms with Gasteiger partial charge in [-0.05, 0) is 47.7 Å². The van der Waals surface area contributed by atoms with Gasteiger partial charge in [-0.25, -0.2) is 9.78 Å². The highest BCUT2D eigenvalue weighted by Gasteiger charge is 2.29. The Balaban J connectivity index is 1.61. The van der Waals surface area contributed by atoms with Crippen molar-refractivity contribution >= 4 is 27.7 Å². The Morgan fingerprint density at radius 1 is 1.32 bits per heavy atom. The number of halogens is 1. The van der Waals surface area contributed by atoms with Crippen LogP contribution in [0, 0.1) is 0 Å². The fourth-order valence-corrected chi connectivity index (χ4v) is 4.14. The summed E-state index contributed by atoms with van der Waals surface area (Å²) in [5.74, 6) is 0.320. The van der Waals surface area contributed by atoms with Gasteiger partial charge in [-0.3, -0.25) is 0 Å². The number of ether oxygens (including phenoxy) is 1. The van der Waals surface area contributed by atoms with Gasteiger partial charge in [0.1, 0.15) is 11.4 Å². The number of piperidine rings is 1. The quantitative estimate of drug-likeness (QED) is 0.741. The first-order chi connectivity index (χ1) is 12.1. The minimum absolute atomic E-state index is 0.217. The summed E-state index contributed by atoms with van der Waals surface area (Å²) in [5.41, 5.74) is 0.492. The third kappa shape index (κ3) is 4.51. The van der Waals surface area contributed by atoms with Crippen molar-refractivity contribution in [1.82, 2.24) is 10.3 Å². The molecule has 2 aliphatic rings. The van der Waals surface area contributed by atoms with Crippen LogP contribution < -0.4 is 10.2 Å². The monoisotopic (exact) mass is 411 g/mol. The minimum Gasteiger partial charge on any atom is -0.465 e. The first kappa shape index (κ1) is 18.6. The number of pyridine rings is 1. The number of nitrogens with zero attached hydrogens (tertiary/aromatic N) is 2. The van der Waals surface area contributed by atoms with Crippen molar-refractivity contribution in [3.8, 4) is 0 Å². The molecule has 0 spiro atoms. The summed E-state index contributed by atoms with van der Waals surface area (Å²) in [5, 5.41) is 13.8. The predicted octanol–water partition coefficient (Wildman–Crippen LogP) is 2.49. The number of methoxy groups -OCH3 is 1. The standard InChI is InChI=1S/C18H26BrN3O3/c1-25-18(24)14-10-12(19)11-20-17(14)22-8-6-13(7-9-22)21-15-4-2-3-5-16(15)23/h10-11,13,15-16,21,23H,2-9H2,1H3. The van der Waals surface area contributed by atoms with Gasteiger partial charge < -0.3 is 20.1 Å². The lowest BCUT2D eigenvalue weighted by molar-refractivity contribution is 0.0600. The van der Waals surface area contributed by atoms with E-state index in [0.717, 1.165) is 49.7 Å². The lowest BCUT2D eigenvalue weighted by Gasteiger charge is -2.38. The molecule has 1 aliphatic heterocycles. The molecular weight excluding hydrogens is 386 g/mol. The molecule has 0 radical (unpaired) electrons. The van der Waals surface area contributed by atoms with Crippen LogP contribution in [0.25, 0.3) is 0 Å². The molecular formula is C18H26BrN3O3. The van der Waals surface area contributed by atoms with E-state index >= 15 is 0 Å². The predicted molar refractivity (Wildman–Crippen MR) is 99.9 cm³/mol. The molecule has 0 aromatic carbocycles. The Bertz CT molecular complexity index is 605. The third-order valence-corrected chi connectivity index (χ3v) is 5.65. The molecule has 2 fully saturated rings. The van der Waals surface area contributed by atoms with Gasteiger partial charge in [-0.2, -0.15) is 0 Å². The average Bonchev–Trinajstić information content (AvgIpc) is 2.63. The van der Waals surface area contributed by atoms with Crippen molar-refractivity contribution in [2.24, 2.45) is 0 Å². The molecule has 2 N–H and O–H groups in total. The molecule has 2 unspecified atom stereocenters. The van der Waals surface area contributed by atoms with Gasteiger partial charge in [-0.1, -0.05) is 12.8 Å². The summed E-state index contributed by atoms with van der Waals surface area (Å²) in [6, 6.07) is 2.39. The fraction of sp³-hybridized carbons (Fsp3) is 0.667. The van der Waals surface area contributed by atoms with Crippen LogP contribution in [0.4, 0.5) is 5.82 Å². The molecule has 25 heavy (non-hydrogen) atoms. The van der Waals surface area contributed by atoms with Gasteiger partial charge in [0.15, 0.2) is 0 Å². The second-order valence-corrected chi connectivity index (χ2v) is 7.82. The number of hydrogen-bond donors (Lipinski definition) is 2. The lowest BCUT2D eigenvalue weighted by atomic mass is 9.91. The van der Waals surface area contributed by atoms with Gasteiger partial charge in [0.05, 0.1) is 13.2 Å². The van der Waals surface area contributed by atoms with Crippen LogP contribution in [0.2, 0.25) is 0 Å². The van der Waals surface area contributed by atoms with Crippen molar-refractivity contribution in [3.05, 3.63) is 22.3 Å². The van der Waals surface area contributed by atoms with Crippen molar-refractivity contribution in [2.45, 2.75) is 56.7 Å². The van der Waals surface area contributed by atoms with E-state index in [-0.39, 0.29) is 18.1 Å². The first-order valence-corrected chi connectivity index (χ1v) is 9.80. The summed E-state index contributed by atoms with van der Waals surface area (Å²) in [4.78, 5) is 18.6. The largest absolute Gasteiger partial charge is 0.465 e. The summed E-state index contributed by atoms with van der Waals surface area (Å²) < 4.78 is 5.65. The van der Waals surface area contributed by atoms with E-state index in [2.05, 4.69) is 31.1 Å². The Morgan fingerprint density at radius 2 is 2.04 bits per heavy atom. The number of esters is 1. The first-order valence-electron chi connectivity index (χ1n) is 9.01. The Hall–Kier alpha value is -1.18. The highest BCUT2D eigenvalue weighted by atomic mass is 79.9. The van der Waals surface area contributed by atoms with E-state index in [0.29, 0.717) is 17.4 Å². The fourth-order valence-electron chi connectivity index (χ4n) is 3.81. The van der Waals surface area contributed by atoms with E-state index in [1.165, 1.54) is 13.5 Å². The van der Waals surface area contributed by atoms with Crippen LogP contribution in [0.5, 0.6) is 0 Å². The molecule has 138 valence electrons. The molecule has 1 aromatic heterocycles. The zero-order valence-corrected chi connectivity index (χ0v) is 16.2. The van der Waals surface area contributed by atoms with Crippen LogP contribution in [-0.2, 0) is 4.74 Å². The zero-order chi connectivity index (χ0) is 17.8. The number of rotatable bonds is 4. The van der Waals surface area contributed by atoms with Gasteiger partial charge in [0.2, 0.25) is 0 Å². The number of hydrogen-bond acceptors (Lipinski definition) is 6. The molecule has 7 heteroatoms. The maximum absolute atomic E-state index is 12.0. The Kier molecular flexibility index (Phi) is 6.30. The number of aliphatic hydroxyl groups is 1. The number of nitrogens with one attached hydrogen (secondary N) is 1. The number of carbonyl (C=O) groups excluding carboxylic acids is 1. The van der Waals surface area contributed by atoms with E-state index in [4.69, 9.17) is 4.74 Å². The third-order valence-electron chi connectivity index (χ3n) is 5.21. The molecule has 0 bridgehead atoms. The second kappa shape index (κ2) is 8.47. The maximum Gasteiger partial charge on any atom is 0.341 e. The number of aliphatic hydroxyl groups excluding tert-OH is 1. The van der Waals surface area contributed by atoms with Gasteiger partial charge in [0.25, 0.3) is 0 Å². The highest BCUT2D eigenvalue weighted by Crippen LogP contribution is 2.26. The highest BCUT2D eigenvalue weighted by molar-refractivity contribution is 9.10. The normalized spacial score (nSPS) is 25.0. The van der Waals surface area contributed by atoms with Crippen LogP contribution in [0.3, 0.4) is 0 Å². The summed E-state index contributed by atoms with van der Waals surface area (Å²) in [6.45, 7) is 1.66.